The van der Waals surface area contributed by atoms with Crippen molar-refractivity contribution in [2.24, 2.45) is 0 Å². The first-order valence-corrected chi connectivity index (χ1v) is 12.4. The van der Waals surface area contributed by atoms with Crippen LogP contribution in [0.5, 0.6) is 0 Å². The third-order valence-electron chi connectivity index (χ3n) is 5.76. The number of rotatable bonds is 8. The molecule has 32 heavy (non-hydrogen) atoms. The highest BCUT2D eigenvalue weighted by Gasteiger charge is 2.23. The van der Waals surface area contributed by atoms with Crippen LogP contribution in [-0.4, -0.2) is 63.2 Å². The van der Waals surface area contributed by atoms with E-state index in [1.54, 1.807) is 41.1 Å². The number of sulfone groups is 1. The van der Waals surface area contributed by atoms with Crippen molar-refractivity contribution < 1.29 is 17.9 Å². The zero-order valence-corrected chi connectivity index (χ0v) is 19.1. The molecule has 2 heterocycles. The first-order chi connectivity index (χ1) is 15.4. The molecule has 170 valence electrons. The smallest absolute Gasteiger partial charge is 0.239 e. The van der Waals surface area contributed by atoms with E-state index >= 15 is 0 Å². The molecular weight excluding hydrogens is 426 g/mol. The van der Waals surface area contributed by atoms with Crippen molar-refractivity contribution in [3.05, 3.63) is 60.3 Å². The van der Waals surface area contributed by atoms with E-state index in [4.69, 9.17) is 4.74 Å². The number of hydrogen-bond donors (Lipinski definition) is 1. The normalized spacial score (nSPS) is 15.2. The number of aryl methyl sites for hydroxylation is 1. The Hall–Kier alpha value is -2.68. The predicted octanol–water partition coefficient (Wildman–Crippen LogP) is 2.62. The Balaban J connectivity index is 1.46. The Kier molecular flexibility index (Phi) is 6.93. The lowest BCUT2D eigenvalue weighted by molar-refractivity contribution is -0.121. The monoisotopic (exact) mass is 455 g/mol. The molecule has 1 aliphatic rings. The Morgan fingerprint density at radius 1 is 1.06 bits per heavy atom. The lowest BCUT2D eigenvalue weighted by Gasteiger charge is -2.26. The zero-order chi connectivity index (χ0) is 22.6. The van der Waals surface area contributed by atoms with Crippen molar-refractivity contribution in [3.8, 4) is 0 Å². The Morgan fingerprint density at radius 2 is 1.78 bits per heavy atom. The molecule has 0 unspecified atom stereocenters. The molecule has 0 saturated carbocycles. The Bertz CT molecular complexity index is 1180. The summed E-state index contributed by atoms with van der Waals surface area (Å²) in [6.07, 6.45) is 2.44. The van der Waals surface area contributed by atoms with Gasteiger partial charge in [-0.3, -0.25) is 9.69 Å². The molecule has 8 heteroatoms. The maximum absolute atomic E-state index is 13.3. The summed E-state index contributed by atoms with van der Waals surface area (Å²) in [5.41, 5.74) is 1.72. The summed E-state index contributed by atoms with van der Waals surface area (Å²) in [7, 11) is -3.70. The minimum Gasteiger partial charge on any atom is -0.379 e. The number of aromatic nitrogens is 1. The van der Waals surface area contributed by atoms with E-state index < -0.39 is 9.84 Å². The summed E-state index contributed by atoms with van der Waals surface area (Å²) in [4.78, 5) is 15.4. The van der Waals surface area contributed by atoms with Crippen LogP contribution in [0.25, 0.3) is 10.9 Å². The fourth-order valence-electron chi connectivity index (χ4n) is 3.97. The van der Waals surface area contributed by atoms with Gasteiger partial charge in [0.1, 0.15) is 6.54 Å². The predicted molar refractivity (Wildman–Crippen MR) is 123 cm³/mol. The van der Waals surface area contributed by atoms with Crippen molar-refractivity contribution in [3.63, 3.8) is 0 Å². The van der Waals surface area contributed by atoms with E-state index in [0.717, 1.165) is 50.3 Å². The molecule has 0 spiro atoms. The van der Waals surface area contributed by atoms with Gasteiger partial charge in [-0.25, -0.2) is 8.42 Å². The highest BCUT2D eigenvalue weighted by atomic mass is 32.2. The van der Waals surface area contributed by atoms with E-state index in [1.807, 2.05) is 25.1 Å². The van der Waals surface area contributed by atoms with Crippen LogP contribution >= 0.6 is 0 Å². The number of nitrogens with one attached hydrogen (secondary N) is 1. The fourth-order valence-corrected chi connectivity index (χ4v) is 5.44. The van der Waals surface area contributed by atoms with Gasteiger partial charge in [-0.1, -0.05) is 35.9 Å². The standard InChI is InChI=1S/C24H29N3O4S/c1-19-7-9-20(10-8-19)32(29,30)23-17-27(22-6-3-2-5-21(22)23)18-24(28)25-11-4-12-26-13-15-31-16-14-26/h2-3,5-10,17H,4,11-16,18H2,1H3,(H,25,28). The number of ether oxygens (including phenoxy) is 1. The van der Waals surface area contributed by atoms with Crippen molar-refractivity contribution in [1.82, 2.24) is 14.8 Å². The topological polar surface area (TPSA) is 80.6 Å². The number of amides is 1. The Labute approximate surface area is 188 Å². The molecule has 1 N–H and O–H groups in total. The number of para-hydroxylation sites is 1. The molecule has 1 saturated heterocycles. The summed E-state index contributed by atoms with van der Waals surface area (Å²) >= 11 is 0. The van der Waals surface area contributed by atoms with E-state index in [-0.39, 0.29) is 22.2 Å². The Morgan fingerprint density at radius 3 is 2.53 bits per heavy atom. The minimum atomic E-state index is -3.70. The first-order valence-electron chi connectivity index (χ1n) is 10.9. The number of carbonyl (C=O) groups is 1. The van der Waals surface area contributed by atoms with Gasteiger partial charge in [0.15, 0.2) is 0 Å². The van der Waals surface area contributed by atoms with Gasteiger partial charge in [0, 0.05) is 36.7 Å². The molecule has 0 aliphatic carbocycles. The molecular formula is C24H29N3O4S. The number of fused-ring (bicyclic) bond motifs is 1. The molecule has 7 nitrogen and oxygen atoms in total. The molecule has 3 aromatic rings. The van der Waals surface area contributed by atoms with Crippen molar-refractivity contribution in [1.29, 1.82) is 0 Å². The lowest BCUT2D eigenvalue weighted by Crippen LogP contribution is -2.38. The largest absolute Gasteiger partial charge is 0.379 e. The second kappa shape index (κ2) is 9.85. The van der Waals surface area contributed by atoms with E-state index in [1.165, 1.54) is 0 Å². The van der Waals surface area contributed by atoms with E-state index in [0.29, 0.717) is 11.9 Å². The average Bonchev–Trinajstić information content (AvgIpc) is 3.17. The van der Waals surface area contributed by atoms with Gasteiger partial charge in [-0.05, 0) is 38.1 Å². The maximum atomic E-state index is 13.3. The number of morpholine rings is 1. The van der Waals surface area contributed by atoms with Crippen molar-refractivity contribution in [2.75, 3.05) is 39.4 Å². The van der Waals surface area contributed by atoms with Crippen LogP contribution in [0.15, 0.2) is 64.5 Å². The number of carbonyl (C=O) groups excluding carboxylic acids is 1. The molecule has 2 aromatic carbocycles. The van der Waals surface area contributed by atoms with Crippen LogP contribution in [-0.2, 0) is 25.9 Å². The van der Waals surface area contributed by atoms with Gasteiger partial charge in [0.25, 0.3) is 0 Å². The highest BCUT2D eigenvalue weighted by molar-refractivity contribution is 7.91. The second-order valence-corrected chi connectivity index (χ2v) is 10.0. The van der Waals surface area contributed by atoms with Crippen LogP contribution < -0.4 is 5.32 Å². The molecule has 1 aliphatic heterocycles. The van der Waals surface area contributed by atoms with Crippen LogP contribution in [0.3, 0.4) is 0 Å². The summed E-state index contributed by atoms with van der Waals surface area (Å²) < 4.78 is 33.6. The quantitative estimate of drug-likeness (QED) is 0.528. The zero-order valence-electron chi connectivity index (χ0n) is 18.3. The lowest BCUT2D eigenvalue weighted by atomic mass is 10.2. The van der Waals surface area contributed by atoms with Crippen LogP contribution in [0.1, 0.15) is 12.0 Å². The number of nitrogens with zero attached hydrogens (tertiary/aromatic N) is 2. The molecule has 1 aromatic heterocycles. The third-order valence-corrected chi connectivity index (χ3v) is 7.56. The summed E-state index contributed by atoms with van der Waals surface area (Å²) in [5, 5.41) is 3.57. The number of hydrogen-bond acceptors (Lipinski definition) is 5. The van der Waals surface area contributed by atoms with Crippen LogP contribution in [0, 0.1) is 6.92 Å². The molecule has 0 atom stereocenters. The van der Waals surface area contributed by atoms with Crippen LogP contribution in [0.2, 0.25) is 0 Å². The van der Waals surface area contributed by atoms with Gasteiger partial charge in [-0.2, -0.15) is 0 Å². The van der Waals surface area contributed by atoms with Gasteiger partial charge in [0.2, 0.25) is 15.7 Å². The maximum Gasteiger partial charge on any atom is 0.239 e. The van der Waals surface area contributed by atoms with E-state index in [2.05, 4.69) is 10.2 Å². The number of benzene rings is 2. The molecule has 1 fully saturated rings. The average molecular weight is 456 g/mol. The van der Waals surface area contributed by atoms with Gasteiger partial charge in [0.05, 0.1) is 23.0 Å². The van der Waals surface area contributed by atoms with E-state index in [9.17, 15) is 13.2 Å². The summed E-state index contributed by atoms with van der Waals surface area (Å²) in [6.45, 7) is 6.90. The van der Waals surface area contributed by atoms with Crippen LogP contribution in [0.4, 0.5) is 0 Å². The third kappa shape index (κ3) is 5.03. The minimum absolute atomic E-state index is 0.0709. The molecule has 0 bridgehead atoms. The fraction of sp³-hybridized carbons (Fsp3) is 0.375. The summed E-state index contributed by atoms with van der Waals surface area (Å²) in [6, 6.07) is 14.1. The first kappa shape index (κ1) is 22.5. The summed E-state index contributed by atoms with van der Waals surface area (Å²) in [5.74, 6) is -0.132. The second-order valence-electron chi connectivity index (χ2n) is 8.11. The van der Waals surface area contributed by atoms with Crippen molar-refractivity contribution >= 4 is 26.6 Å². The molecule has 0 radical (unpaired) electrons. The van der Waals surface area contributed by atoms with Gasteiger partial charge in [-0.15, -0.1) is 0 Å². The molecule has 4 rings (SSSR count). The van der Waals surface area contributed by atoms with Crippen molar-refractivity contribution in [2.45, 2.75) is 29.7 Å². The van der Waals surface area contributed by atoms with Gasteiger partial charge >= 0.3 is 0 Å². The highest BCUT2D eigenvalue weighted by Crippen LogP contribution is 2.30. The molecule has 1 amide bonds. The van der Waals surface area contributed by atoms with Gasteiger partial charge < -0.3 is 14.6 Å². The SMILES string of the molecule is Cc1ccc(S(=O)(=O)c2cn(CC(=O)NCCCN3CCOCC3)c3ccccc23)cc1.